The Morgan fingerprint density at radius 3 is 2.80 bits per heavy atom. The molecule has 2 aromatic rings. The molecule has 25 heavy (non-hydrogen) atoms. The van der Waals surface area contributed by atoms with E-state index in [-0.39, 0.29) is 31.4 Å². The maximum absolute atomic E-state index is 13.5. The number of halogens is 1. The van der Waals surface area contributed by atoms with Crippen LogP contribution in [0.15, 0.2) is 42.5 Å². The standard InChI is InChI=1S/C20H21FO4/c21-19-6-2-1-4-15(19)11-24-12-16(22)13-25-17-8-9-18-14(10-17)5-3-7-20(18)23/h1-2,4,6,8-10,16,22H,3,5,7,11-13H2. The topological polar surface area (TPSA) is 55.8 Å². The Labute approximate surface area is 146 Å². The zero-order valence-electron chi connectivity index (χ0n) is 13.9. The second-order valence-electron chi connectivity index (χ2n) is 6.17. The van der Waals surface area contributed by atoms with Gasteiger partial charge in [0.2, 0.25) is 0 Å². The van der Waals surface area contributed by atoms with Crippen molar-refractivity contribution in [3.63, 3.8) is 0 Å². The van der Waals surface area contributed by atoms with Crippen molar-refractivity contribution in [2.24, 2.45) is 0 Å². The Morgan fingerprint density at radius 2 is 1.96 bits per heavy atom. The van der Waals surface area contributed by atoms with E-state index in [1.807, 2.05) is 6.07 Å². The number of ketones is 1. The number of benzene rings is 2. The molecule has 0 spiro atoms. The third kappa shape index (κ3) is 4.65. The third-order valence-electron chi connectivity index (χ3n) is 4.20. The summed E-state index contributed by atoms with van der Waals surface area (Å²) in [6, 6.07) is 11.8. The highest BCUT2D eigenvalue weighted by molar-refractivity contribution is 5.98. The van der Waals surface area contributed by atoms with Crippen LogP contribution in [0.5, 0.6) is 5.75 Å². The van der Waals surface area contributed by atoms with Crippen molar-refractivity contribution in [3.05, 3.63) is 65.0 Å². The number of hydrogen-bond acceptors (Lipinski definition) is 4. The number of aryl methyl sites for hydroxylation is 1. The molecule has 3 rings (SSSR count). The van der Waals surface area contributed by atoms with Crippen molar-refractivity contribution in [1.29, 1.82) is 0 Å². The zero-order chi connectivity index (χ0) is 17.6. The smallest absolute Gasteiger partial charge is 0.163 e. The number of fused-ring (bicyclic) bond motifs is 1. The summed E-state index contributed by atoms with van der Waals surface area (Å²) in [6.45, 7) is 0.229. The molecule has 5 heteroatoms. The summed E-state index contributed by atoms with van der Waals surface area (Å²) in [7, 11) is 0. The molecule has 132 valence electrons. The summed E-state index contributed by atoms with van der Waals surface area (Å²) >= 11 is 0. The highest BCUT2D eigenvalue weighted by Gasteiger charge is 2.17. The maximum Gasteiger partial charge on any atom is 0.163 e. The molecular formula is C20H21FO4. The average Bonchev–Trinajstić information content (AvgIpc) is 2.62. The van der Waals surface area contributed by atoms with Gasteiger partial charge in [0, 0.05) is 17.5 Å². The number of aliphatic hydroxyl groups excluding tert-OH is 1. The fraction of sp³-hybridized carbons (Fsp3) is 0.350. The zero-order valence-corrected chi connectivity index (χ0v) is 13.9. The third-order valence-corrected chi connectivity index (χ3v) is 4.20. The average molecular weight is 344 g/mol. The van der Waals surface area contributed by atoms with Gasteiger partial charge < -0.3 is 14.6 Å². The van der Waals surface area contributed by atoms with Crippen LogP contribution in [0.25, 0.3) is 0 Å². The van der Waals surface area contributed by atoms with Crippen LogP contribution in [0, 0.1) is 5.82 Å². The van der Waals surface area contributed by atoms with Crippen LogP contribution in [0.4, 0.5) is 4.39 Å². The Kier molecular flexibility index (Phi) is 5.79. The molecule has 1 N–H and O–H groups in total. The highest BCUT2D eigenvalue weighted by atomic mass is 19.1. The quantitative estimate of drug-likeness (QED) is 0.837. The first-order valence-corrected chi connectivity index (χ1v) is 8.41. The van der Waals surface area contributed by atoms with Gasteiger partial charge in [0.25, 0.3) is 0 Å². The summed E-state index contributed by atoms with van der Waals surface area (Å²) in [4.78, 5) is 11.8. The van der Waals surface area contributed by atoms with Gasteiger partial charge in [-0.2, -0.15) is 0 Å². The van der Waals surface area contributed by atoms with Gasteiger partial charge in [-0.25, -0.2) is 4.39 Å². The van der Waals surface area contributed by atoms with Gasteiger partial charge in [0.1, 0.15) is 24.3 Å². The summed E-state index contributed by atoms with van der Waals surface area (Å²) in [5, 5.41) is 9.94. The highest BCUT2D eigenvalue weighted by Crippen LogP contribution is 2.25. The molecular weight excluding hydrogens is 323 g/mol. The molecule has 1 unspecified atom stereocenters. The maximum atomic E-state index is 13.5. The monoisotopic (exact) mass is 344 g/mol. The van der Waals surface area contributed by atoms with Crippen LogP contribution in [-0.2, 0) is 17.8 Å². The number of carbonyl (C=O) groups excluding carboxylic acids is 1. The van der Waals surface area contributed by atoms with Crippen LogP contribution in [0.1, 0.15) is 34.3 Å². The van der Waals surface area contributed by atoms with Gasteiger partial charge in [-0.15, -0.1) is 0 Å². The Bertz CT molecular complexity index is 744. The van der Waals surface area contributed by atoms with Gasteiger partial charge >= 0.3 is 0 Å². The lowest BCUT2D eigenvalue weighted by Crippen LogP contribution is -2.23. The molecule has 0 fully saturated rings. The molecule has 0 radical (unpaired) electrons. The second-order valence-corrected chi connectivity index (χ2v) is 6.17. The van der Waals surface area contributed by atoms with Crippen LogP contribution in [0.2, 0.25) is 0 Å². The molecule has 0 bridgehead atoms. The second kappa shape index (κ2) is 8.23. The fourth-order valence-corrected chi connectivity index (χ4v) is 2.87. The predicted octanol–water partition coefficient (Wildman–Crippen LogP) is 3.30. The van der Waals surface area contributed by atoms with E-state index < -0.39 is 6.10 Å². The lowest BCUT2D eigenvalue weighted by molar-refractivity contribution is 0.00475. The van der Waals surface area contributed by atoms with E-state index in [0.29, 0.717) is 17.7 Å². The molecule has 0 aliphatic heterocycles. The molecule has 1 aliphatic rings. The van der Waals surface area contributed by atoms with Crippen molar-refractivity contribution in [1.82, 2.24) is 0 Å². The van der Waals surface area contributed by atoms with Crippen molar-refractivity contribution in [2.45, 2.75) is 32.0 Å². The number of aliphatic hydroxyl groups is 1. The molecule has 0 heterocycles. The SMILES string of the molecule is O=C1CCCc2cc(OCC(O)COCc3ccccc3F)ccc21. The van der Waals surface area contributed by atoms with Gasteiger partial charge in [0.05, 0.1) is 13.2 Å². The van der Waals surface area contributed by atoms with Gasteiger partial charge in [0.15, 0.2) is 5.78 Å². The normalized spacial score (nSPS) is 14.9. The number of hydrogen-bond donors (Lipinski definition) is 1. The number of carbonyl (C=O) groups is 1. The summed E-state index contributed by atoms with van der Waals surface area (Å²) < 4.78 is 24.4. The van der Waals surface area contributed by atoms with Gasteiger partial charge in [-0.1, -0.05) is 18.2 Å². The lowest BCUT2D eigenvalue weighted by atomic mass is 9.90. The van der Waals surface area contributed by atoms with E-state index in [9.17, 15) is 14.3 Å². The van der Waals surface area contributed by atoms with Crippen molar-refractivity contribution in [3.8, 4) is 5.75 Å². The van der Waals surface area contributed by atoms with E-state index in [0.717, 1.165) is 24.0 Å². The minimum atomic E-state index is -0.815. The molecule has 1 atom stereocenters. The van der Waals surface area contributed by atoms with E-state index in [2.05, 4.69) is 0 Å². The van der Waals surface area contributed by atoms with Crippen LogP contribution >= 0.6 is 0 Å². The minimum absolute atomic E-state index is 0.0533. The first kappa shape index (κ1) is 17.6. The minimum Gasteiger partial charge on any atom is -0.491 e. The fourth-order valence-electron chi connectivity index (χ4n) is 2.87. The molecule has 0 saturated carbocycles. The van der Waals surface area contributed by atoms with Gasteiger partial charge in [-0.3, -0.25) is 4.79 Å². The van der Waals surface area contributed by atoms with E-state index in [1.165, 1.54) is 6.07 Å². The molecule has 0 saturated heterocycles. The summed E-state index contributed by atoms with van der Waals surface area (Å²) in [6.07, 6.45) is 1.52. The summed E-state index contributed by atoms with van der Waals surface area (Å²) in [5.74, 6) is 0.479. The van der Waals surface area contributed by atoms with Crippen LogP contribution in [-0.4, -0.2) is 30.2 Å². The molecule has 1 aliphatic carbocycles. The van der Waals surface area contributed by atoms with E-state index in [1.54, 1.807) is 30.3 Å². The molecule has 4 nitrogen and oxygen atoms in total. The number of Topliss-reactive ketones (excluding diaryl/α,β-unsaturated/α-hetero) is 1. The van der Waals surface area contributed by atoms with Crippen molar-refractivity contribution >= 4 is 5.78 Å². The molecule has 0 aromatic heterocycles. The van der Waals surface area contributed by atoms with Gasteiger partial charge in [-0.05, 0) is 42.7 Å². The first-order valence-electron chi connectivity index (χ1n) is 8.41. The lowest BCUT2D eigenvalue weighted by Gasteiger charge is -2.17. The Hall–Kier alpha value is -2.24. The van der Waals surface area contributed by atoms with E-state index >= 15 is 0 Å². The van der Waals surface area contributed by atoms with Crippen LogP contribution < -0.4 is 4.74 Å². The van der Waals surface area contributed by atoms with Crippen molar-refractivity contribution in [2.75, 3.05) is 13.2 Å². The molecule has 2 aromatic carbocycles. The number of ether oxygens (including phenoxy) is 2. The van der Waals surface area contributed by atoms with Crippen LogP contribution in [0.3, 0.4) is 0 Å². The van der Waals surface area contributed by atoms with Crippen molar-refractivity contribution < 1.29 is 23.8 Å². The molecule has 0 amide bonds. The number of rotatable bonds is 7. The summed E-state index contributed by atoms with van der Waals surface area (Å²) in [5.41, 5.74) is 2.22. The largest absolute Gasteiger partial charge is 0.491 e. The first-order chi connectivity index (χ1) is 12.1. The van der Waals surface area contributed by atoms with E-state index in [4.69, 9.17) is 9.47 Å². The Morgan fingerprint density at radius 1 is 1.12 bits per heavy atom. The Balaban J connectivity index is 1.45. The predicted molar refractivity (Wildman–Crippen MR) is 91.3 cm³/mol.